The fraction of sp³-hybridized carbons (Fsp3) is 0.462. The van der Waals surface area contributed by atoms with Gasteiger partial charge in [0.25, 0.3) is 0 Å². The second-order valence-corrected chi connectivity index (χ2v) is 4.32. The van der Waals surface area contributed by atoms with Crippen LogP contribution in [0.25, 0.3) is 0 Å². The van der Waals surface area contributed by atoms with E-state index in [2.05, 4.69) is 5.32 Å². The first-order valence-corrected chi connectivity index (χ1v) is 5.88. The highest BCUT2D eigenvalue weighted by molar-refractivity contribution is 5.85. The quantitative estimate of drug-likeness (QED) is 0.797. The van der Waals surface area contributed by atoms with Crippen LogP contribution in [0.1, 0.15) is 43.4 Å². The molecule has 1 amide bonds. The molecule has 3 nitrogen and oxygen atoms in total. The highest BCUT2D eigenvalue weighted by Crippen LogP contribution is 2.30. The normalized spacial score (nSPS) is 17.8. The van der Waals surface area contributed by atoms with Gasteiger partial charge >= 0.3 is 0 Å². The number of fused-ring (bicyclic) bond motifs is 1. The first-order chi connectivity index (χ1) is 7.70. The maximum absolute atomic E-state index is 11.4. The molecule has 3 N–H and O–H groups in total. The number of nitrogens with one attached hydrogen (secondary N) is 1. The van der Waals surface area contributed by atoms with Crippen LogP contribution >= 0.6 is 12.4 Å². The average Bonchev–Trinajstić information content (AvgIpc) is 2.28. The summed E-state index contributed by atoms with van der Waals surface area (Å²) < 4.78 is 0. The molecule has 0 fully saturated rings. The zero-order valence-corrected chi connectivity index (χ0v) is 10.8. The summed E-state index contributed by atoms with van der Waals surface area (Å²) in [6.07, 6.45) is 3.76. The summed E-state index contributed by atoms with van der Waals surface area (Å²) in [6, 6.07) is 6.16. The third-order valence-corrected chi connectivity index (χ3v) is 3.14. The average molecular weight is 255 g/mol. The third-order valence-electron chi connectivity index (χ3n) is 3.14. The lowest BCUT2D eigenvalue weighted by Crippen LogP contribution is -2.30. The number of nitrogens with two attached hydrogens (primary N) is 1. The number of amides is 1. The predicted octanol–water partition coefficient (Wildman–Crippen LogP) is 2.59. The summed E-state index contributed by atoms with van der Waals surface area (Å²) in [6.45, 7) is 1.88. The van der Waals surface area contributed by atoms with Crippen molar-refractivity contribution in [1.29, 1.82) is 0 Å². The Morgan fingerprint density at radius 1 is 1.53 bits per heavy atom. The van der Waals surface area contributed by atoms with Gasteiger partial charge in [-0.05, 0) is 42.5 Å². The van der Waals surface area contributed by atoms with E-state index in [9.17, 15) is 4.79 Å². The van der Waals surface area contributed by atoms with Gasteiger partial charge in [-0.1, -0.05) is 13.0 Å². The van der Waals surface area contributed by atoms with Crippen LogP contribution in [0.4, 0.5) is 5.69 Å². The van der Waals surface area contributed by atoms with Crippen LogP contribution in [0.15, 0.2) is 18.2 Å². The number of rotatable bonds is 2. The van der Waals surface area contributed by atoms with Crippen LogP contribution < -0.4 is 11.1 Å². The fourth-order valence-electron chi connectivity index (χ4n) is 2.28. The molecule has 1 aromatic rings. The van der Waals surface area contributed by atoms with Crippen molar-refractivity contribution in [2.45, 2.75) is 38.6 Å². The molecule has 17 heavy (non-hydrogen) atoms. The molecular formula is C13H19ClN2O. The molecule has 1 atom stereocenters. The van der Waals surface area contributed by atoms with Crippen LogP contribution in [0.3, 0.4) is 0 Å². The van der Waals surface area contributed by atoms with E-state index in [0.29, 0.717) is 6.42 Å². The van der Waals surface area contributed by atoms with Gasteiger partial charge in [0, 0.05) is 12.1 Å². The number of benzene rings is 1. The van der Waals surface area contributed by atoms with Gasteiger partial charge in [0.15, 0.2) is 0 Å². The molecular weight excluding hydrogens is 236 g/mol. The van der Waals surface area contributed by atoms with Crippen LogP contribution in [0, 0.1) is 0 Å². The van der Waals surface area contributed by atoms with Crippen molar-refractivity contribution in [2.24, 2.45) is 0 Å². The molecule has 94 valence electrons. The van der Waals surface area contributed by atoms with Crippen LogP contribution in [0.5, 0.6) is 0 Å². The molecule has 0 heterocycles. The highest BCUT2D eigenvalue weighted by Gasteiger charge is 2.21. The van der Waals surface area contributed by atoms with Gasteiger partial charge in [0.05, 0.1) is 6.04 Å². The molecule has 1 aliphatic carbocycles. The van der Waals surface area contributed by atoms with Crippen LogP contribution in [0.2, 0.25) is 0 Å². The van der Waals surface area contributed by atoms with E-state index in [4.69, 9.17) is 5.73 Å². The Hall–Kier alpha value is -1.22. The number of hydrogen-bond donors (Lipinski definition) is 2. The molecule has 0 aromatic heterocycles. The molecule has 0 bridgehead atoms. The minimum absolute atomic E-state index is 0. The number of hydrogen-bond acceptors (Lipinski definition) is 2. The summed E-state index contributed by atoms with van der Waals surface area (Å²) in [5.41, 5.74) is 9.10. The molecule has 1 aromatic carbocycles. The van der Waals surface area contributed by atoms with Crippen molar-refractivity contribution in [1.82, 2.24) is 5.32 Å². The molecule has 0 radical (unpaired) electrons. The Morgan fingerprint density at radius 2 is 2.29 bits per heavy atom. The largest absolute Gasteiger partial charge is 0.399 e. The lowest BCUT2D eigenvalue weighted by molar-refractivity contribution is -0.121. The highest BCUT2D eigenvalue weighted by atomic mass is 35.5. The lowest BCUT2D eigenvalue weighted by atomic mass is 9.87. The first-order valence-electron chi connectivity index (χ1n) is 5.88. The van der Waals surface area contributed by atoms with Crippen LogP contribution in [-0.2, 0) is 11.2 Å². The fourth-order valence-corrected chi connectivity index (χ4v) is 2.28. The Balaban J connectivity index is 0.00000144. The van der Waals surface area contributed by atoms with Gasteiger partial charge in [-0.2, -0.15) is 0 Å². The number of carbonyl (C=O) groups is 1. The third kappa shape index (κ3) is 3.13. The summed E-state index contributed by atoms with van der Waals surface area (Å²) in [5, 5.41) is 3.06. The summed E-state index contributed by atoms with van der Waals surface area (Å²) in [7, 11) is 0. The predicted molar refractivity (Wildman–Crippen MR) is 72.2 cm³/mol. The molecule has 0 saturated heterocycles. The van der Waals surface area contributed by atoms with E-state index >= 15 is 0 Å². The van der Waals surface area contributed by atoms with Gasteiger partial charge in [0.1, 0.15) is 0 Å². The van der Waals surface area contributed by atoms with E-state index < -0.39 is 0 Å². The van der Waals surface area contributed by atoms with E-state index in [1.165, 1.54) is 11.1 Å². The summed E-state index contributed by atoms with van der Waals surface area (Å²) in [4.78, 5) is 11.4. The maximum atomic E-state index is 11.4. The van der Waals surface area contributed by atoms with Crippen molar-refractivity contribution < 1.29 is 4.79 Å². The summed E-state index contributed by atoms with van der Waals surface area (Å²) >= 11 is 0. The Kier molecular flexibility index (Phi) is 4.82. The molecule has 1 aliphatic rings. The van der Waals surface area contributed by atoms with Crippen molar-refractivity contribution in [2.75, 3.05) is 5.73 Å². The van der Waals surface area contributed by atoms with Crippen molar-refractivity contribution >= 4 is 24.0 Å². The van der Waals surface area contributed by atoms with E-state index in [1.54, 1.807) is 0 Å². The minimum Gasteiger partial charge on any atom is -0.399 e. The number of nitrogen functional groups attached to an aromatic ring is 1. The van der Waals surface area contributed by atoms with Gasteiger partial charge in [-0.15, -0.1) is 12.4 Å². The SMILES string of the molecule is CCC(=O)NC1CCCc2cc(N)ccc21.Cl. The summed E-state index contributed by atoms with van der Waals surface area (Å²) in [5.74, 6) is 0.120. The van der Waals surface area contributed by atoms with Crippen molar-refractivity contribution in [3.63, 3.8) is 0 Å². The minimum atomic E-state index is 0. The van der Waals surface area contributed by atoms with Crippen LogP contribution in [-0.4, -0.2) is 5.91 Å². The number of aryl methyl sites for hydroxylation is 1. The number of halogens is 1. The second-order valence-electron chi connectivity index (χ2n) is 4.32. The second kappa shape index (κ2) is 5.92. The van der Waals surface area contributed by atoms with Crippen molar-refractivity contribution in [3.05, 3.63) is 29.3 Å². The first kappa shape index (κ1) is 13.8. The molecule has 1 unspecified atom stereocenters. The molecule has 0 aliphatic heterocycles. The zero-order chi connectivity index (χ0) is 11.5. The van der Waals surface area contributed by atoms with E-state index in [1.807, 2.05) is 25.1 Å². The molecule has 0 saturated carbocycles. The van der Waals surface area contributed by atoms with Gasteiger partial charge < -0.3 is 11.1 Å². The van der Waals surface area contributed by atoms with Gasteiger partial charge in [0.2, 0.25) is 5.91 Å². The van der Waals surface area contributed by atoms with E-state index in [-0.39, 0.29) is 24.4 Å². The van der Waals surface area contributed by atoms with Gasteiger partial charge in [-0.25, -0.2) is 0 Å². The zero-order valence-electron chi connectivity index (χ0n) is 10.0. The smallest absolute Gasteiger partial charge is 0.220 e. The Morgan fingerprint density at radius 3 is 3.00 bits per heavy atom. The Labute approximate surface area is 108 Å². The number of carbonyl (C=O) groups excluding carboxylic acids is 1. The van der Waals surface area contributed by atoms with E-state index in [0.717, 1.165) is 24.9 Å². The standard InChI is InChI=1S/C13H18N2O.ClH/c1-2-13(16)15-12-5-3-4-9-8-10(14)6-7-11(9)12;/h6-8,12H,2-5,14H2,1H3,(H,15,16);1H. The molecule has 0 spiro atoms. The van der Waals surface area contributed by atoms with Gasteiger partial charge in [-0.3, -0.25) is 4.79 Å². The molecule has 4 heteroatoms. The number of anilines is 1. The van der Waals surface area contributed by atoms with Crippen molar-refractivity contribution in [3.8, 4) is 0 Å². The Bertz CT molecular complexity index is 406. The monoisotopic (exact) mass is 254 g/mol. The topological polar surface area (TPSA) is 55.1 Å². The molecule has 2 rings (SSSR count). The maximum Gasteiger partial charge on any atom is 0.220 e. The lowest BCUT2D eigenvalue weighted by Gasteiger charge is -2.26.